The third-order valence-corrected chi connectivity index (χ3v) is 10.0. The van der Waals surface area contributed by atoms with Gasteiger partial charge in [-0.05, 0) is 60.7 Å². The van der Waals surface area contributed by atoms with Crippen molar-refractivity contribution in [3.05, 3.63) is 164 Å². The normalized spacial score (nSPS) is 12.1. The first-order valence-electron chi connectivity index (χ1n) is 16.6. The van der Waals surface area contributed by atoms with Crippen LogP contribution in [-0.2, 0) is 0 Å². The second kappa shape index (κ2) is 9.89. The van der Waals surface area contributed by atoms with Gasteiger partial charge in [0, 0.05) is 38.0 Å². The van der Waals surface area contributed by atoms with E-state index in [9.17, 15) is 0 Å². The topological polar surface area (TPSA) is 40.6 Å². The van der Waals surface area contributed by atoms with E-state index in [1.807, 2.05) is 0 Å². The summed E-state index contributed by atoms with van der Waals surface area (Å²) in [5, 5.41) is 7.29. The molecule has 0 atom stereocenters. The van der Waals surface area contributed by atoms with Crippen LogP contribution in [0.5, 0.6) is 0 Å². The molecular formula is C44H27N5. The van der Waals surface area contributed by atoms with Crippen LogP contribution in [0.2, 0.25) is 0 Å². The lowest BCUT2D eigenvalue weighted by molar-refractivity contribution is 1.07. The molecule has 0 saturated heterocycles. The van der Waals surface area contributed by atoms with Gasteiger partial charge in [0.25, 0.3) is 0 Å². The van der Waals surface area contributed by atoms with Crippen LogP contribution in [0, 0.1) is 0 Å². The summed E-state index contributed by atoms with van der Waals surface area (Å²) < 4.78 is 7.00. The smallest absolute Gasteiger partial charge is 0.138 e. The van der Waals surface area contributed by atoms with E-state index in [1.54, 1.807) is 0 Å². The molecule has 5 aromatic heterocycles. The first kappa shape index (κ1) is 26.4. The van der Waals surface area contributed by atoms with E-state index in [0.717, 1.165) is 50.4 Å². The SMILES string of the molecule is c1ccc(-n2c3ccccc3c3ccc4c5ccccc5n(-c5ccc6nc(-n7c8ccccc8c8ccccc87)ccc6n5)c4c32)cc1. The highest BCUT2D eigenvalue weighted by Crippen LogP contribution is 2.41. The van der Waals surface area contributed by atoms with Gasteiger partial charge in [0.15, 0.2) is 0 Å². The number of hydrogen-bond acceptors (Lipinski definition) is 2. The molecule has 5 heterocycles. The van der Waals surface area contributed by atoms with Crippen LogP contribution in [0.3, 0.4) is 0 Å². The molecule has 5 nitrogen and oxygen atoms in total. The quantitative estimate of drug-likeness (QED) is 0.196. The molecule has 0 saturated carbocycles. The first-order chi connectivity index (χ1) is 24.3. The lowest BCUT2D eigenvalue weighted by atomic mass is 10.1. The van der Waals surface area contributed by atoms with Crippen LogP contribution in [0.25, 0.3) is 93.8 Å². The Bertz CT molecular complexity index is 3050. The van der Waals surface area contributed by atoms with Crippen LogP contribution in [-0.4, -0.2) is 23.7 Å². The maximum Gasteiger partial charge on any atom is 0.138 e. The number of para-hydroxylation sites is 5. The van der Waals surface area contributed by atoms with E-state index in [0.29, 0.717) is 0 Å². The zero-order valence-electron chi connectivity index (χ0n) is 26.3. The van der Waals surface area contributed by atoms with Crippen LogP contribution < -0.4 is 0 Å². The Morgan fingerprint density at radius 1 is 0.286 bits per heavy atom. The van der Waals surface area contributed by atoms with E-state index >= 15 is 0 Å². The standard InChI is InChI=1S/C44H27N5/c1-2-12-28(13-3-1)47-37-18-8-6-16-31(37)33-22-23-34-32-17-7-11-21-40(32)49(44(34)43(33)47)42-27-25-35-36(46-42)24-26-41(45-35)48-38-19-9-4-14-29(38)30-15-5-10-20-39(30)48/h1-27H. The van der Waals surface area contributed by atoms with E-state index in [1.165, 1.54) is 43.4 Å². The fourth-order valence-corrected chi connectivity index (χ4v) is 7.99. The maximum atomic E-state index is 5.31. The highest BCUT2D eigenvalue weighted by molar-refractivity contribution is 6.23. The predicted molar refractivity (Wildman–Crippen MR) is 203 cm³/mol. The number of rotatable bonds is 3. The average molecular weight is 626 g/mol. The largest absolute Gasteiger partial charge is 0.307 e. The lowest BCUT2D eigenvalue weighted by Gasteiger charge is -2.13. The van der Waals surface area contributed by atoms with Gasteiger partial charge in [-0.25, -0.2) is 9.97 Å². The van der Waals surface area contributed by atoms with Crippen molar-refractivity contribution in [2.75, 3.05) is 0 Å². The average Bonchev–Trinajstić information content (AvgIpc) is 3.81. The van der Waals surface area contributed by atoms with Gasteiger partial charge in [0.05, 0.1) is 44.1 Å². The fourth-order valence-electron chi connectivity index (χ4n) is 7.99. The summed E-state index contributed by atoms with van der Waals surface area (Å²) in [5.74, 6) is 1.74. The molecule has 0 N–H and O–H groups in total. The Balaban J connectivity index is 1.19. The number of benzene rings is 6. The summed E-state index contributed by atoms with van der Waals surface area (Å²) in [6.45, 7) is 0. The van der Waals surface area contributed by atoms with Crippen molar-refractivity contribution in [1.82, 2.24) is 23.7 Å². The fraction of sp³-hybridized carbons (Fsp3) is 0. The van der Waals surface area contributed by atoms with Crippen molar-refractivity contribution < 1.29 is 0 Å². The number of hydrogen-bond donors (Lipinski definition) is 0. The molecule has 6 aromatic carbocycles. The van der Waals surface area contributed by atoms with Crippen molar-refractivity contribution in [1.29, 1.82) is 0 Å². The Hall–Kier alpha value is -6.72. The molecule has 0 aliphatic rings. The zero-order valence-corrected chi connectivity index (χ0v) is 26.3. The van der Waals surface area contributed by atoms with Crippen LogP contribution >= 0.6 is 0 Å². The molecule has 0 aliphatic carbocycles. The van der Waals surface area contributed by atoms with Gasteiger partial charge in [-0.2, -0.15) is 0 Å². The Morgan fingerprint density at radius 2 is 0.673 bits per heavy atom. The molecule has 0 aliphatic heterocycles. The van der Waals surface area contributed by atoms with E-state index in [4.69, 9.17) is 9.97 Å². The molecule has 0 bridgehead atoms. The summed E-state index contributed by atoms with van der Waals surface area (Å²) in [5.41, 5.74) is 9.73. The minimum atomic E-state index is 0.851. The van der Waals surface area contributed by atoms with Crippen molar-refractivity contribution >= 4 is 76.5 Å². The maximum absolute atomic E-state index is 5.31. The molecule has 11 rings (SSSR count). The molecule has 0 amide bonds. The molecule has 0 radical (unpaired) electrons. The number of fused-ring (bicyclic) bond motifs is 11. The van der Waals surface area contributed by atoms with Gasteiger partial charge in [-0.3, -0.25) is 9.13 Å². The summed E-state index contributed by atoms with van der Waals surface area (Å²) in [6.07, 6.45) is 0. The van der Waals surface area contributed by atoms with Crippen molar-refractivity contribution in [3.63, 3.8) is 0 Å². The van der Waals surface area contributed by atoms with Gasteiger partial charge >= 0.3 is 0 Å². The first-order valence-corrected chi connectivity index (χ1v) is 16.6. The number of pyridine rings is 2. The van der Waals surface area contributed by atoms with Gasteiger partial charge in [-0.15, -0.1) is 0 Å². The van der Waals surface area contributed by atoms with Crippen LogP contribution in [0.15, 0.2) is 164 Å². The van der Waals surface area contributed by atoms with E-state index in [-0.39, 0.29) is 0 Å². The Kier molecular flexibility index (Phi) is 5.32. The summed E-state index contributed by atoms with van der Waals surface area (Å²) in [7, 11) is 0. The zero-order chi connectivity index (χ0) is 32.1. The van der Waals surface area contributed by atoms with Crippen molar-refractivity contribution in [2.24, 2.45) is 0 Å². The second-order valence-corrected chi connectivity index (χ2v) is 12.6. The summed E-state index contributed by atoms with van der Waals surface area (Å²) >= 11 is 0. The van der Waals surface area contributed by atoms with Crippen molar-refractivity contribution in [3.8, 4) is 17.3 Å². The Labute approximate surface area is 280 Å². The monoisotopic (exact) mass is 625 g/mol. The lowest BCUT2D eigenvalue weighted by Crippen LogP contribution is -2.02. The molecule has 5 heteroatoms. The third-order valence-electron chi connectivity index (χ3n) is 10.0. The van der Waals surface area contributed by atoms with Crippen LogP contribution in [0.1, 0.15) is 0 Å². The molecule has 0 unspecified atom stereocenters. The molecule has 228 valence electrons. The van der Waals surface area contributed by atoms with Gasteiger partial charge in [0.1, 0.15) is 11.6 Å². The van der Waals surface area contributed by atoms with Gasteiger partial charge in [-0.1, -0.05) is 103 Å². The molecule has 49 heavy (non-hydrogen) atoms. The minimum absolute atomic E-state index is 0.851. The highest BCUT2D eigenvalue weighted by atomic mass is 15.1. The number of nitrogens with zero attached hydrogens (tertiary/aromatic N) is 5. The van der Waals surface area contributed by atoms with Crippen LogP contribution in [0.4, 0.5) is 0 Å². The minimum Gasteiger partial charge on any atom is -0.307 e. The summed E-state index contributed by atoms with van der Waals surface area (Å²) in [6, 6.07) is 58.1. The molecule has 0 spiro atoms. The van der Waals surface area contributed by atoms with Gasteiger partial charge < -0.3 is 4.57 Å². The third kappa shape index (κ3) is 3.64. The van der Waals surface area contributed by atoms with Gasteiger partial charge in [0.2, 0.25) is 0 Å². The van der Waals surface area contributed by atoms with Crippen molar-refractivity contribution in [2.45, 2.75) is 0 Å². The Morgan fingerprint density at radius 3 is 1.20 bits per heavy atom. The van der Waals surface area contributed by atoms with E-state index in [2.05, 4.69) is 177 Å². The highest BCUT2D eigenvalue weighted by Gasteiger charge is 2.22. The second-order valence-electron chi connectivity index (χ2n) is 12.6. The molecule has 11 aromatic rings. The number of aromatic nitrogens is 5. The summed E-state index contributed by atoms with van der Waals surface area (Å²) in [4.78, 5) is 10.5. The van der Waals surface area contributed by atoms with E-state index < -0.39 is 0 Å². The molecular weight excluding hydrogens is 599 g/mol. The molecule has 0 fully saturated rings. The predicted octanol–water partition coefficient (Wildman–Crippen LogP) is 10.9.